The van der Waals surface area contributed by atoms with Gasteiger partial charge in [0.05, 0.1) is 5.02 Å². The standard InChI is InChI=1S/C21H34ClN3O2S/c1-16(9-14-28-4)25-11-7-18(8-12-25)27-20-6-5-17(15-19(20)22)21(26)23-10-13-24(2)3/h5-6,15-16,18H,7-14H2,1-4H3,(H,23,26). The van der Waals surface area contributed by atoms with Gasteiger partial charge in [-0.25, -0.2) is 0 Å². The smallest absolute Gasteiger partial charge is 0.251 e. The molecule has 1 heterocycles. The monoisotopic (exact) mass is 427 g/mol. The number of likely N-dealkylation sites (tertiary alicyclic amines) is 1. The number of carbonyl (C=O) groups is 1. The normalized spacial score (nSPS) is 16.9. The van der Waals surface area contributed by atoms with Gasteiger partial charge in [0, 0.05) is 37.8 Å². The van der Waals surface area contributed by atoms with Crippen LogP contribution >= 0.6 is 23.4 Å². The molecule has 1 fully saturated rings. The number of halogens is 1. The summed E-state index contributed by atoms with van der Waals surface area (Å²) in [6.07, 6.45) is 5.59. The topological polar surface area (TPSA) is 44.8 Å². The molecule has 28 heavy (non-hydrogen) atoms. The lowest BCUT2D eigenvalue weighted by molar-refractivity contribution is 0.0791. The molecule has 0 aromatic heterocycles. The molecule has 2 rings (SSSR count). The third-order valence-corrected chi connectivity index (χ3v) is 6.11. The molecular formula is C21H34ClN3O2S. The number of hydrogen-bond donors (Lipinski definition) is 1. The lowest BCUT2D eigenvalue weighted by Gasteiger charge is -2.36. The van der Waals surface area contributed by atoms with Crippen molar-refractivity contribution in [3.63, 3.8) is 0 Å². The Bertz CT molecular complexity index is 622. The maximum atomic E-state index is 12.2. The summed E-state index contributed by atoms with van der Waals surface area (Å²) < 4.78 is 6.14. The molecule has 158 valence electrons. The third kappa shape index (κ3) is 7.47. The molecule has 0 saturated carbocycles. The number of ether oxygens (including phenoxy) is 1. The minimum Gasteiger partial charge on any atom is -0.489 e. The third-order valence-electron chi connectivity index (χ3n) is 5.17. The summed E-state index contributed by atoms with van der Waals surface area (Å²) in [5.41, 5.74) is 0.563. The zero-order valence-electron chi connectivity index (χ0n) is 17.5. The number of likely N-dealkylation sites (N-methyl/N-ethyl adjacent to an activating group) is 1. The Kier molecular flexibility index (Phi) is 9.92. The highest BCUT2D eigenvalue weighted by Gasteiger charge is 2.24. The molecule has 0 aliphatic carbocycles. The molecule has 1 N–H and O–H groups in total. The average Bonchev–Trinajstić information content (AvgIpc) is 2.67. The Hall–Kier alpha value is -0.950. The van der Waals surface area contributed by atoms with Crippen molar-refractivity contribution in [2.75, 3.05) is 52.3 Å². The van der Waals surface area contributed by atoms with E-state index in [4.69, 9.17) is 16.3 Å². The molecule has 5 nitrogen and oxygen atoms in total. The number of amides is 1. The second-order valence-electron chi connectivity index (χ2n) is 7.69. The SMILES string of the molecule is CSCCC(C)N1CCC(Oc2ccc(C(=O)NCCN(C)C)cc2Cl)CC1. The van der Waals surface area contributed by atoms with Crippen LogP contribution in [0.1, 0.15) is 36.5 Å². The van der Waals surface area contributed by atoms with E-state index in [1.54, 1.807) is 12.1 Å². The number of hydrogen-bond acceptors (Lipinski definition) is 5. The van der Waals surface area contributed by atoms with Gasteiger partial charge in [0.1, 0.15) is 11.9 Å². The summed E-state index contributed by atoms with van der Waals surface area (Å²) in [5.74, 6) is 1.77. The number of nitrogens with zero attached hydrogens (tertiary/aromatic N) is 2. The van der Waals surface area contributed by atoms with E-state index in [-0.39, 0.29) is 12.0 Å². The van der Waals surface area contributed by atoms with Gasteiger partial charge in [-0.3, -0.25) is 4.79 Å². The molecule has 1 aromatic carbocycles. The largest absolute Gasteiger partial charge is 0.489 e. The van der Waals surface area contributed by atoms with Gasteiger partial charge < -0.3 is 19.9 Å². The van der Waals surface area contributed by atoms with Crippen LogP contribution in [0.25, 0.3) is 0 Å². The zero-order valence-corrected chi connectivity index (χ0v) is 19.1. The molecule has 0 spiro atoms. The van der Waals surface area contributed by atoms with Gasteiger partial charge in [-0.2, -0.15) is 11.8 Å². The fraction of sp³-hybridized carbons (Fsp3) is 0.667. The van der Waals surface area contributed by atoms with Gasteiger partial charge in [-0.1, -0.05) is 11.6 Å². The molecule has 7 heteroatoms. The van der Waals surface area contributed by atoms with Crippen molar-refractivity contribution >= 4 is 29.3 Å². The Morgan fingerprint density at radius 3 is 2.71 bits per heavy atom. The van der Waals surface area contributed by atoms with Crippen molar-refractivity contribution < 1.29 is 9.53 Å². The Morgan fingerprint density at radius 1 is 1.39 bits per heavy atom. The molecule has 0 radical (unpaired) electrons. The highest BCUT2D eigenvalue weighted by Crippen LogP contribution is 2.29. The van der Waals surface area contributed by atoms with Crippen LogP contribution in [-0.4, -0.2) is 80.1 Å². The highest BCUT2D eigenvalue weighted by molar-refractivity contribution is 7.98. The van der Waals surface area contributed by atoms with E-state index >= 15 is 0 Å². The summed E-state index contributed by atoms with van der Waals surface area (Å²) in [6, 6.07) is 5.92. The van der Waals surface area contributed by atoms with E-state index in [1.165, 1.54) is 12.2 Å². The summed E-state index contributed by atoms with van der Waals surface area (Å²) in [5, 5.41) is 3.40. The molecule has 1 atom stereocenters. The Balaban J connectivity index is 1.82. The van der Waals surface area contributed by atoms with Gasteiger partial charge in [0.15, 0.2) is 0 Å². The first-order valence-corrected chi connectivity index (χ1v) is 11.8. The summed E-state index contributed by atoms with van der Waals surface area (Å²) >= 11 is 8.30. The molecule has 1 aromatic rings. The number of thioether (sulfide) groups is 1. The molecule has 1 aliphatic rings. The summed E-state index contributed by atoms with van der Waals surface area (Å²) in [4.78, 5) is 16.8. The van der Waals surface area contributed by atoms with Gasteiger partial charge in [-0.15, -0.1) is 0 Å². The quantitative estimate of drug-likeness (QED) is 0.617. The first-order chi connectivity index (χ1) is 13.4. The molecular weight excluding hydrogens is 394 g/mol. The second-order valence-corrected chi connectivity index (χ2v) is 9.08. The van der Waals surface area contributed by atoms with Gasteiger partial charge in [-0.05, 0) is 70.5 Å². The Morgan fingerprint density at radius 2 is 2.11 bits per heavy atom. The summed E-state index contributed by atoms with van der Waals surface area (Å²) in [7, 11) is 3.95. The zero-order chi connectivity index (χ0) is 20.5. The van der Waals surface area contributed by atoms with E-state index in [2.05, 4.69) is 23.4 Å². The molecule has 1 unspecified atom stereocenters. The van der Waals surface area contributed by atoms with Crippen molar-refractivity contribution in [3.8, 4) is 5.75 Å². The van der Waals surface area contributed by atoms with Crippen LogP contribution in [0.5, 0.6) is 5.75 Å². The van der Waals surface area contributed by atoms with Gasteiger partial charge in [0.25, 0.3) is 5.91 Å². The van der Waals surface area contributed by atoms with E-state index in [0.29, 0.717) is 28.9 Å². The fourth-order valence-electron chi connectivity index (χ4n) is 3.32. The first kappa shape index (κ1) is 23.3. The van der Waals surface area contributed by atoms with Crippen molar-refractivity contribution in [2.45, 2.75) is 38.3 Å². The van der Waals surface area contributed by atoms with Crippen LogP contribution in [0.4, 0.5) is 0 Å². The molecule has 1 amide bonds. The lowest BCUT2D eigenvalue weighted by Crippen LogP contribution is -2.43. The maximum absolute atomic E-state index is 12.2. The average molecular weight is 428 g/mol. The predicted octanol–water partition coefficient (Wildman–Crippen LogP) is 3.62. The number of rotatable bonds is 10. The molecule has 1 aliphatic heterocycles. The molecule has 0 bridgehead atoms. The number of nitrogens with one attached hydrogen (secondary N) is 1. The minimum absolute atomic E-state index is 0.108. The van der Waals surface area contributed by atoms with Gasteiger partial charge in [0.2, 0.25) is 0 Å². The van der Waals surface area contributed by atoms with Crippen LogP contribution in [0, 0.1) is 0 Å². The van der Waals surface area contributed by atoms with Crippen LogP contribution < -0.4 is 10.1 Å². The second kappa shape index (κ2) is 11.9. The fourth-order valence-corrected chi connectivity index (χ4v) is 4.12. The van der Waals surface area contributed by atoms with Crippen LogP contribution in [0.15, 0.2) is 18.2 Å². The van der Waals surface area contributed by atoms with Crippen molar-refractivity contribution in [1.82, 2.24) is 15.1 Å². The maximum Gasteiger partial charge on any atom is 0.251 e. The van der Waals surface area contributed by atoms with Crippen LogP contribution in [-0.2, 0) is 0 Å². The van der Waals surface area contributed by atoms with E-state index in [9.17, 15) is 4.79 Å². The van der Waals surface area contributed by atoms with Crippen molar-refractivity contribution in [3.05, 3.63) is 28.8 Å². The lowest BCUT2D eigenvalue weighted by atomic mass is 10.0. The first-order valence-electron chi connectivity index (χ1n) is 10.0. The molecule has 1 saturated heterocycles. The van der Waals surface area contributed by atoms with Crippen molar-refractivity contribution in [1.29, 1.82) is 0 Å². The Labute approximate surface area is 179 Å². The number of carbonyl (C=O) groups excluding carboxylic acids is 1. The highest BCUT2D eigenvalue weighted by atomic mass is 35.5. The van der Waals surface area contributed by atoms with Crippen LogP contribution in [0.2, 0.25) is 5.02 Å². The van der Waals surface area contributed by atoms with Crippen LogP contribution in [0.3, 0.4) is 0 Å². The predicted molar refractivity (Wildman–Crippen MR) is 120 cm³/mol. The number of benzene rings is 1. The van der Waals surface area contributed by atoms with E-state index in [0.717, 1.165) is 32.5 Å². The number of piperidine rings is 1. The minimum atomic E-state index is -0.108. The summed E-state index contributed by atoms with van der Waals surface area (Å²) in [6.45, 7) is 5.84. The van der Waals surface area contributed by atoms with E-state index in [1.807, 2.05) is 36.8 Å². The van der Waals surface area contributed by atoms with E-state index < -0.39 is 0 Å². The van der Waals surface area contributed by atoms with Crippen molar-refractivity contribution in [2.24, 2.45) is 0 Å². The van der Waals surface area contributed by atoms with Gasteiger partial charge >= 0.3 is 0 Å².